The molecule has 10 rings (SSSR count). The molecule has 5 aromatic rings. The van der Waals surface area contributed by atoms with Gasteiger partial charge in [-0.1, -0.05) is 25.0 Å². The molecule has 4 bridgehead atoms. The van der Waals surface area contributed by atoms with Gasteiger partial charge in [-0.3, -0.25) is 4.79 Å². The number of hydrogen-bond donors (Lipinski definition) is 6. The number of nitrogens with zero attached hydrogens (tertiary/aromatic N) is 2. The summed E-state index contributed by atoms with van der Waals surface area (Å²) in [6, 6.07) is 10.2. The topological polar surface area (TPSA) is 224 Å². The molecule has 328 valence electrons. The van der Waals surface area contributed by atoms with Crippen molar-refractivity contribution in [3.63, 3.8) is 0 Å². The Morgan fingerprint density at radius 1 is 0.952 bits per heavy atom. The number of allylic oxidation sites excluding steroid dienone is 1. The molecule has 5 aliphatic rings. The number of carbonyl (C=O) groups excluding carboxylic acids is 1. The number of aryl methyl sites for hydroxylation is 2. The van der Waals surface area contributed by atoms with Crippen molar-refractivity contribution in [1.82, 2.24) is 9.97 Å². The van der Waals surface area contributed by atoms with E-state index in [0.29, 0.717) is 60.4 Å². The van der Waals surface area contributed by atoms with Crippen molar-refractivity contribution in [2.24, 2.45) is 17.8 Å². The van der Waals surface area contributed by atoms with Gasteiger partial charge in [-0.2, -0.15) is 0 Å². The molecule has 7 unspecified atom stereocenters. The van der Waals surface area contributed by atoms with Crippen molar-refractivity contribution in [1.29, 1.82) is 0 Å². The number of aliphatic hydroxyl groups excluding tert-OH is 2. The van der Waals surface area contributed by atoms with E-state index in [-0.39, 0.29) is 69.6 Å². The Kier molecular flexibility index (Phi) is 10.2. The molecule has 5 heterocycles. The van der Waals surface area contributed by atoms with Crippen molar-refractivity contribution in [2.75, 3.05) is 18.1 Å². The number of pyridine rings is 2. The third-order valence-electron chi connectivity index (χ3n) is 15.4. The van der Waals surface area contributed by atoms with Crippen LogP contribution in [0.2, 0.25) is 0 Å². The molecule has 2 aliphatic heterocycles. The monoisotopic (exact) mass is 854 g/mol. The van der Waals surface area contributed by atoms with Crippen LogP contribution in [0.5, 0.6) is 17.2 Å². The van der Waals surface area contributed by atoms with Crippen molar-refractivity contribution in [2.45, 2.75) is 114 Å². The van der Waals surface area contributed by atoms with Crippen LogP contribution in [0.15, 0.2) is 69.7 Å². The lowest BCUT2D eigenvalue weighted by Gasteiger charge is -2.51. The zero-order chi connectivity index (χ0) is 43.9. The maximum Gasteiger partial charge on any atom is 0.334 e. The van der Waals surface area contributed by atoms with Crippen molar-refractivity contribution in [3.05, 3.63) is 121 Å². The van der Waals surface area contributed by atoms with Crippen LogP contribution < -0.4 is 21.6 Å². The van der Waals surface area contributed by atoms with Crippen molar-refractivity contribution < 1.29 is 39.1 Å². The Labute approximate surface area is 364 Å². The molecule has 1 saturated carbocycles. The zero-order valence-corrected chi connectivity index (χ0v) is 35.6. The van der Waals surface area contributed by atoms with Crippen molar-refractivity contribution >= 4 is 28.6 Å². The average molecular weight is 855 g/mol. The molecule has 7 atom stereocenters. The molecule has 3 aliphatic carbocycles. The number of nitrogens with two attached hydrogens (primary N) is 2. The number of phenols is 2. The molecular formula is C50H54N4O9. The molecule has 0 radical (unpaired) electrons. The first-order valence-corrected chi connectivity index (χ1v) is 22.4. The number of aromatic hydroxyl groups is 2. The second-order valence-electron chi connectivity index (χ2n) is 18.5. The quantitative estimate of drug-likeness (QED) is 0.0795. The largest absolute Gasteiger partial charge is 0.508 e. The lowest BCUT2D eigenvalue weighted by Crippen LogP contribution is -2.59. The fourth-order valence-electron chi connectivity index (χ4n) is 12.4. The molecule has 2 aromatic carbocycles. The third kappa shape index (κ3) is 6.56. The number of benzene rings is 2. The van der Waals surface area contributed by atoms with Crippen LogP contribution in [-0.4, -0.2) is 54.7 Å². The highest BCUT2D eigenvalue weighted by atomic mass is 16.6. The first kappa shape index (κ1) is 41.1. The molecule has 0 spiro atoms. The number of esters is 1. The molecule has 13 heteroatoms. The van der Waals surface area contributed by atoms with Crippen LogP contribution >= 0.6 is 0 Å². The SMILES string of the molecule is CC=C(C(=O)OC1Cc2c3c(c4oc(CO)cc(=O)c4c2O)C2c4ccnc(N)c4C(CCc4ccc(O)cc4C2CO)C2CCc4cc(N)ncc4CC2C1(C)O3)C1CCCC1. The van der Waals surface area contributed by atoms with Crippen LogP contribution in [-0.2, 0) is 41.8 Å². The van der Waals surface area contributed by atoms with Crippen LogP contribution in [0.25, 0.3) is 11.0 Å². The number of ether oxygens (including phenoxy) is 2. The van der Waals surface area contributed by atoms with Gasteiger partial charge in [0.05, 0.1) is 6.61 Å². The van der Waals surface area contributed by atoms with Gasteiger partial charge < -0.3 is 45.8 Å². The lowest BCUT2D eigenvalue weighted by molar-refractivity contribution is -0.169. The standard InChI is InChI=1S/C50H54N4O9/c1-3-30(24-6-4-5-7-24)49(60)62-39-20-35-45(59)43-38(58)19-29(22-55)61-47(43)44-41-33-14-15-53-48(52)42(33)32(13-9-25-8-11-28(57)18-34(25)36(41)23-56)31-12-10-26-17-40(51)54-21-27(26)16-37(31)50(39,2)63-46(35)44/h3,8,11,14-15,17-19,21,24,31-32,36-37,39,41,55-57,59H,4-7,9-10,12-13,16,20,22-23H2,1-2H3,(H2,51,54)(H2,52,53). The molecule has 1 fully saturated rings. The Morgan fingerprint density at radius 3 is 2.51 bits per heavy atom. The summed E-state index contributed by atoms with van der Waals surface area (Å²) in [6.07, 6.45) is 11.2. The second kappa shape index (κ2) is 15.7. The van der Waals surface area contributed by atoms with Gasteiger partial charge in [0, 0.05) is 64.9 Å². The van der Waals surface area contributed by atoms with Gasteiger partial charge in [-0.25, -0.2) is 14.8 Å². The first-order valence-electron chi connectivity index (χ1n) is 22.4. The van der Waals surface area contributed by atoms with Gasteiger partial charge in [0.15, 0.2) is 5.43 Å². The molecule has 63 heavy (non-hydrogen) atoms. The van der Waals surface area contributed by atoms with E-state index in [2.05, 4.69) is 4.98 Å². The van der Waals surface area contributed by atoms with Gasteiger partial charge in [0.25, 0.3) is 0 Å². The van der Waals surface area contributed by atoms with Crippen LogP contribution in [0.3, 0.4) is 0 Å². The van der Waals surface area contributed by atoms with Crippen molar-refractivity contribution in [3.8, 4) is 17.2 Å². The van der Waals surface area contributed by atoms with E-state index in [4.69, 9.17) is 30.3 Å². The number of carbonyl (C=O) groups is 1. The summed E-state index contributed by atoms with van der Waals surface area (Å²) in [7, 11) is 0. The molecule has 0 amide bonds. The number of hydrogen-bond acceptors (Lipinski definition) is 13. The average Bonchev–Trinajstić information content (AvgIpc) is 3.74. The molecule has 0 saturated heterocycles. The molecule has 3 aromatic heterocycles. The molecule has 8 N–H and O–H groups in total. The zero-order valence-electron chi connectivity index (χ0n) is 35.6. The van der Waals surface area contributed by atoms with E-state index < -0.39 is 48.2 Å². The predicted molar refractivity (Wildman–Crippen MR) is 236 cm³/mol. The number of aliphatic hydroxyl groups is 2. The Hall–Kier alpha value is -5.92. The summed E-state index contributed by atoms with van der Waals surface area (Å²) >= 11 is 0. The van der Waals surface area contributed by atoms with E-state index in [1.54, 1.807) is 18.3 Å². The number of aromatic nitrogens is 2. The summed E-state index contributed by atoms with van der Waals surface area (Å²) in [4.78, 5) is 38.2. The smallest absolute Gasteiger partial charge is 0.334 e. The maximum atomic E-state index is 14.6. The highest BCUT2D eigenvalue weighted by Crippen LogP contribution is 2.60. The first-order chi connectivity index (χ1) is 30.4. The summed E-state index contributed by atoms with van der Waals surface area (Å²) in [5, 5.41) is 45.6. The third-order valence-corrected chi connectivity index (χ3v) is 15.4. The second-order valence-corrected chi connectivity index (χ2v) is 18.5. The molecule has 13 nitrogen and oxygen atoms in total. The van der Waals surface area contributed by atoms with Crippen LogP contribution in [0, 0.1) is 17.8 Å². The highest BCUT2D eigenvalue weighted by molar-refractivity contribution is 5.92. The Bertz CT molecular complexity index is 2760. The highest BCUT2D eigenvalue weighted by Gasteiger charge is 2.57. The number of fused-ring (bicyclic) bond motifs is 9. The number of nitrogen functional groups attached to an aromatic ring is 2. The Morgan fingerprint density at radius 2 is 1.75 bits per heavy atom. The maximum absolute atomic E-state index is 14.6. The van der Waals surface area contributed by atoms with Gasteiger partial charge in [-0.05, 0) is 129 Å². The van der Waals surface area contributed by atoms with Gasteiger partial charge in [-0.15, -0.1) is 0 Å². The van der Waals surface area contributed by atoms with E-state index in [1.807, 2.05) is 44.3 Å². The number of rotatable bonds is 5. The number of anilines is 2. The minimum Gasteiger partial charge on any atom is -0.508 e. The summed E-state index contributed by atoms with van der Waals surface area (Å²) < 4.78 is 20.9. The van der Waals surface area contributed by atoms with E-state index in [9.17, 15) is 30.0 Å². The molecular weight excluding hydrogens is 801 g/mol. The Balaban J connectivity index is 1.33. The minimum atomic E-state index is -1.29. The fraction of sp³-hybridized carbons (Fsp3) is 0.440. The summed E-state index contributed by atoms with van der Waals surface area (Å²) in [5.41, 5.74) is 18.0. The van der Waals surface area contributed by atoms with E-state index >= 15 is 0 Å². The predicted octanol–water partition coefficient (Wildman–Crippen LogP) is 6.77. The van der Waals surface area contributed by atoms with Gasteiger partial charge in [0.1, 0.15) is 63.9 Å². The lowest BCUT2D eigenvalue weighted by atomic mass is 9.62. The number of phenolic OH excluding ortho intramolecular Hbond substituents is 2. The fourth-order valence-corrected chi connectivity index (χ4v) is 12.4. The summed E-state index contributed by atoms with van der Waals surface area (Å²) in [6.45, 7) is 2.85. The van der Waals surface area contributed by atoms with Gasteiger partial charge >= 0.3 is 5.97 Å². The van der Waals surface area contributed by atoms with Crippen LogP contribution in [0.1, 0.15) is 120 Å². The van der Waals surface area contributed by atoms with Crippen LogP contribution in [0.4, 0.5) is 11.6 Å². The normalized spacial score (nSPS) is 26.5. The van der Waals surface area contributed by atoms with Gasteiger partial charge in [0.2, 0.25) is 0 Å². The summed E-state index contributed by atoms with van der Waals surface area (Å²) in [5.74, 6) is -2.24. The van der Waals surface area contributed by atoms with E-state index in [1.165, 1.54) is 0 Å². The minimum absolute atomic E-state index is 0.00480. The van der Waals surface area contributed by atoms with E-state index in [0.717, 1.165) is 59.6 Å².